The lowest BCUT2D eigenvalue weighted by molar-refractivity contribution is -0.124. The Bertz CT molecular complexity index is 643. The Hall–Kier alpha value is -1.93. The molecule has 0 saturated heterocycles. The number of hydrogen-bond donors (Lipinski definition) is 4. The van der Waals surface area contributed by atoms with Crippen LogP contribution < -0.4 is 15.3 Å². The van der Waals surface area contributed by atoms with Crippen molar-refractivity contribution < 1.29 is 10.0 Å². The number of nitrogens with one attached hydrogen (secondary N) is 2. The number of anilines is 1. The molecule has 2 aromatic rings. The second-order valence-electron chi connectivity index (χ2n) is 4.22. The van der Waals surface area contributed by atoms with Gasteiger partial charge in [0.25, 0.3) is 5.91 Å². The first-order chi connectivity index (χ1) is 10.7. The molecule has 5 nitrogen and oxygen atoms in total. The van der Waals surface area contributed by atoms with Crippen molar-refractivity contribution in [1.29, 1.82) is 0 Å². The van der Waals surface area contributed by atoms with Crippen molar-refractivity contribution in [1.82, 2.24) is 5.48 Å². The number of hydrogen-bond acceptors (Lipinski definition) is 6. The molecule has 0 fully saturated rings. The van der Waals surface area contributed by atoms with Gasteiger partial charge >= 0.3 is 0 Å². The summed E-state index contributed by atoms with van der Waals surface area (Å²) in [6, 6.07) is 15.5. The van der Waals surface area contributed by atoms with Gasteiger partial charge in [0.15, 0.2) is 0 Å². The van der Waals surface area contributed by atoms with E-state index in [0.717, 1.165) is 21.0 Å². The van der Waals surface area contributed by atoms with Crippen LogP contribution in [0.1, 0.15) is 5.56 Å². The van der Waals surface area contributed by atoms with Gasteiger partial charge in [-0.2, -0.15) is 0 Å². The Morgan fingerprint density at radius 2 is 1.68 bits per heavy atom. The minimum atomic E-state index is -0.558. The topological polar surface area (TPSA) is 87.4 Å². The quantitative estimate of drug-likeness (QED) is 0.281. The van der Waals surface area contributed by atoms with E-state index in [1.165, 1.54) is 30.0 Å². The van der Waals surface area contributed by atoms with Crippen molar-refractivity contribution in [2.24, 2.45) is 5.14 Å². The highest BCUT2D eigenvalue weighted by atomic mass is 32.2. The molecule has 7 heteroatoms. The monoisotopic (exact) mass is 333 g/mol. The van der Waals surface area contributed by atoms with Gasteiger partial charge in [-0.15, -0.1) is 0 Å². The van der Waals surface area contributed by atoms with Crippen LogP contribution in [0, 0.1) is 0 Å². The van der Waals surface area contributed by atoms with E-state index in [-0.39, 0.29) is 0 Å². The van der Waals surface area contributed by atoms with E-state index in [1.807, 2.05) is 48.5 Å². The van der Waals surface area contributed by atoms with Gasteiger partial charge in [-0.05, 0) is 71.9 Å². The maximum Gasteiger partial charge on any atom is 0.267 e. The third-order valence-corrected chi connectivity index (χ3v) is 4.08. The first kappa shape index (κ1) is 16.4. The molecule has 0 spiro atoms. The highest BCUT2D eigenvalue weighted by Crippen LogP contribution is 2.23. The zero-order valence-corrected chi connectivity index (χ0v) is 13.2. The van der Waals surface area contributed by atoms with Crippen LogP contribution in [0.2, 0.25) is 0 Å². The molecule has 2 rings (SSSR count). The second-order valence-corrected chi connectivity index (χ2v) is 5.81. The summed E-state index contributed by atoms with van der Waals surface area (Å²) in [5, 5.41) is 13.9. The predicted molar refractivity (Wildman–Crippen MR) is 91.4 cm³/mol. The summed E-state index contributed by atoms with van der Waals surface area (Å²) in [7, 11) is 0. The minimum absolute atomic E-state index is 0.558. The molecule has 0 aliphatic heterocycles. The summed E-state index contributed by atoms with van der Waals surface area (Å²) in [4.78, 5) is 13.0. The highest BCUT2D eigenvalue weighted by Gasteiger charge is 1.97. The second kappa shape index (κ2) is 8.50. The highest BCUT2D eigenvalue weighted by molar-refractivity contribution is 8.00. The fourth-order valence-electron chi connectivity index (χ4n) is 1.58. The predicted octanol–water partition coefficient (Wildman–Crippen LogP) is 3.29. The first-order valence-corrected chi connectivity index (χ1v) is 8.03. The van der Waals surface area contributed by atoms with E-state index in [9.17, 15) is 4.79 Å². The Balaban J connectivity index is 1.90. The molecule has 0 bridgehead atoms. The van der Waals surface area contributed by atoms with Crippen LogP contribution >= 0.6 is 23.9 Å². The maximum absolute atomic E-state index is 10.9. The Morgan fingerprint density at radius 3 is 2.27 bits per heavy atom. The number of amides is 1. The molecule has 0 radical (unpaired) electrons. The fraction of sp³-hybridized carbons (Fsp3) is 0. The van der Waals surface area contributed by atoms with Gasteiger partial charge in [-0.25, -0.2) is 5.48 Å². The van der Waals surface area contributed by atoms with E-state index in [1.54, 1.807) is 11.6 Å². The Kier molecular flexibility index (Phi) is 6.35. The van der Waals surface area contributed by atoms with Crippen LogP contribution in [0.25, 0.3) is 6.08 Å². The van der Waals surface area contributed by atoms with Crippen molar-refractivity contribution in [3.8, 4) is 0 Å². The minimum Gasteiger partial charge on any atom is -0.326 e. The summed E-state index contributed by atoms with van der Waals surface area (Å²) in [6.45, 7) is 0. The molecule has 0 aromatic heterocycles. The van der Waals surface area contributed by atoms with E-state index >= 15 is 0 Å². The molecule has 0 aliphatic rings. The number of nitrogens with two attached hydrogens (primary N) is 1. The zero-order valence-electron chi connectivity index (χ0n) is 11.5. The van der Waals surface area contributed by atoms with Gasteiger partial charge < -0.3 is 4.72 Å². The van der Waals surface area contributed by atoms with Gasteiger partial charge in [-0.1, -0.05) is 12.1 Å². The number of carbonyl (C=O) groups is 1. The van der Waals surface area contributed by atoms with Crippen molar-refractivity contribution in [2.45, 2.75) is 9.79 Å². The molecule has 5 N–H and O–H groups in total. The van der Waals surface area contributed by atoms with E-state index in [2.05, 4.69) is 4.72 Å². The standard InChI is InChI=1S/C15H15N3O2S2/c16-21-13-6-8-14(9-7-13)22-18-12-4-1-11(2-5-12)3-10-15(19)17-20/h1-10,18,20H,16H2,(H,17,19)/b10-3+. The molecular formula is C15H15N3O2S2. The molecule has 22 heavy (non-hydrogen) atoms. The van der Waals surface area contributed by atoms with Gasteiger partial charge in [-0.3, -0.25) is 15.1 Å². The van der Waals surface area contributed by atoms with Gasteiger partial charge in [0, 0.05) is 21.6 Å². The normalized spacial score (nSPS) is 10.6. The Morgan fingerprint density at radius 1 is 1.05 bits per heavy atom. The molecule has 0 aliphatic carbocycles. The SMILES string of the molecule is NSc1ccc(SNc2ccc(/C=C/C(=O)NO)cc2)cc1. The number of rotatable bonds is 6. The molecule has 0 unspecified atom stereocenters. The van der Waals surface area contributed by atoms with Crippen LogP contribution in [0.4, 0.5) is 5.69 Å². The summed E-state index contributed by atoms with van der Waals surface area (Å²) in [6.07, 6.45) is 2.87. The lowest BCUT2D eigenvalue weighted by Crippen LogP contribution is -2.14. The molecule has 0 heterocycles. The van der Waals surface area contributed by atoms with Crippen molar-refractivity contribution in [2.75, 3.05) is 4.72 Å². The summed E-state index contributed by atoms with van der Waals surface area (Å²) < 4.78 is 3.24. The summed E-state index contributed by atoms with van der Waals surface area (Å²) >= 11 is 2.73. The van der Waals surface area contributed by atoms with Crippen LogP contribution in [0.5, 0.6) is 0 Å². The average molecular weight is 333 g/mol. The smallest absolute Gasteiger partial charge is 0.267 e. The van der Waals surface area contributed by atoms with E-state index in [0.29, 0.717) is 0 Å². The van der Waals surface area contributed by atoms with Crippen molar-refractivity contribution in [3.63, 3.8) is 0 Å². The van der Waals surface area contributed by atoms with E-state index in [4.69, 9.17) is 10.3 Å². The largest absolute Gasteiger partial charge is 0.326 e. The average Bonchev–Trinajstić information content (AvgIpc) is 2.59. The lowest BCUT2D eigenvalue weighted by atomic mass is 10.2. The van der Waals surface area contributed by atoms with Gasteiger partial charge in [0.05, 0.1) is 0 Å². The molecular weight excluding hydrogens is 318 g/mol. The molecule has 2 aromatic carbocycles. The number of hydroxylamine groups is 1. The fourth-order valence-corrected chi connectivity index (χ4v) is 2.51. The first-order valence-electron chi connectivity index (χ1n) is 6.33. The number of carbonyl (C=O) groups excluding carboxylic acids is 1. The van der Waals surface area contributed by atoms with Gasteiger partial charge in [0.2, 0.25) is 0 Å². The lowest BCUT2D eigenvalue weighted by Gasteiger charge is -2.06. The van der Waals surface area contributed by atoms with Crippen LogP contribution in [-0.4, -0.2) is 11.1 Å². The Labute approximate surface area is 137 Å². The maximum atomic E-state index is 10.9. The van der Waals surface area contributed by atoms with Crippen LogP contribution in [0.15, 0.2) is 64.4 Å². The van der Waals surface area contributed by atoms with Crippen LogP contribution in [-0.2, 0) is 4.79 Å². The van der Waals surface area contributed by atoms with E-state index < -0.39 is 5.91 Å². The number of benzene rings is 2. The van der Waals surface area contributed by atoms with Crippen molar-refractivity contribution >= 4 is 41.6 Å². The van der Waals surface area contributed by atoms with Crippen LogP contribution in [0.3, 0.4) is 0 Å². The molecule has 1 amide bonds. The molecule has 0 saturated carbocycles. The summed E-state index contributed by atoms with van der Waals surface area (Å²) in [5.41, 5.74) is 3.36. The third-order valence-electron chi connectivity index (χ3n) is 2.69. The summed E-state index contributed by atoms with van der Waals surface area (Å²) in [5.74, 6) is -0.558. The van der Waals surface area contributed by atoms with Gasteiger partial charge in [0.1, 0.15) is 0 Å². The molecule has 114 valence electrons. The molecule has 0 atom stereocenters. The third kappa shape index (κ3) is 5.12. The van der Waals surface area contributed by atoms with Crippen molar-refractivity contribution in [3.05, 3.63) is 60.2 Å². The zero-order chi connectivity index (χ0) is 15.8.